The molecular formula is C15H17ClN2O2S. The molecule has 1 aromatic carbocycles. The maximum Gasteiger partial charge on any atom is 0.179 e. The summed E-state index contributed by atoms with van der Waals surface area (Å²) in [4.78, 5) is 4.62. The molecule has 2 aromatic rings. The van der Waals surface area contributed by atoms with Gasteiger partial charge in [0.25, 0.3) is 0 Å². The van der Waals surface area contributed by atoms with E-state index in [1.807, 2.05) is 12.1 Å². The SMILES string of the molecule is CCCc1nc(-c2cc(Cl)c3c(c2)OCCCO3)c(N)s1. The van der Waals surface area contributed by atoms with Crippen molar-refractivity contribution >= 4 is 27.9 Å². The molecule has 0 bridgehead atoms. The Morgan fingerprint density at radius 2 is 2.14 bits per heavy atom. The molecule has 0 radical (unpaired) electrons. The number of thiazole rings is 1. The van der Waals surface area contributed by atoms with Gasteiger partial charge in [0.1, 0.15) is 10.7 Å². The molecule has 0 atom stereocenters. The van der Waals surface area contributed by atoms with Crippen molar-refractivity contribution in [2.75, 3.05) is 18.9 Å². The molecule has 4 nitrogen and oxygen atoms in total. The van der Waals surface area contributed by atoms with E-state index in [0.717, 1.165) is 35.5 Å². The Hall–Kier alpha value is -1.46. The van der Waals surface area contributed by atoms with Crippen LogP contribution in [0.5, 0.6) is 11.5 Å². The molecule has 21 heavy (non-hydrogen) atoms. The van der Waals surface area contributed by atoms with E-state index in [0.29, 0.717) is 34.7 Å². The maximum atomic E-state index is 6.32. The topological polar surface area (TPSA) is 57.4 Å². The number of aromatic nitrogens is 1. The summed E-state index contributed by atoms with van der Waals surface area (Å²) in [6.07, 6.45) is 2.83. The van der Waals surface area contributed by atoms with E-state index in [4.69, 9.17) is 26.8 Å². The summed E-state index contributed by atoms with van der Waals surface area (Å²) in [5.74, 6) is 1.28. The van der Waals surface area contributed by atoms with Crippen LogP contribution in [0.25, 0.3) is 11.3 Å². The minimum absolute atomic E-state index is 0.536. The number of anilines is 1. The van der Waals surface area contributed by atoms with Gasteiger partial charge in [-0.3, -0.25) is 0 Å². The maximum absolute atomic E-state index is 6.32. The number of nitrogens with zero attached hydrogens (tertiary/aromatic N) is 1. The van der Waals surface area contributed by atoms with E-state index >= 15 is 0 Å². The lowest BCUT2D eigenvalue weighted by Gasteiger charge is -2.11. The summed E-state index contributed by atoms with van der Waals surface area (Å²) >= 11 is 7.85. The largest absolute Gasteiger partial charge is 0.489 e. The monoisotopic (exact) mass is 324 g/mol. The van der Waals surface area contributed by atoms with E-state index in [9.17, 15) is 0 Å². The summed E-state index contributed by atoms with van der Waals surface area (Å²) < 4.78 is 11.3. The first-order chi connectivity index (χ1) is 10.2. The highest BCUT2D eigenvalue weighted by atomic mass is 35.5. The van der Waals surface area contributed by atoms with E-state index in [1.54, 1.807) is 0 Å². The molecule has 3 rings (SSSR count). The number of benzene rings is 1. The van der Waals surface area contributed by atoms with Crippen LogP contribution in [0.15, 0.2) is 12.1 Å². The van der Waals surface area contributed by atoms with Gasteiger partial charge in [-0.05, 0) is 25.0 Å². The number of nitrogen functional groups attached to an aromatic ring is 1. The predicted octanol–water partition coefficient (Wildman–Crippen LogP) is 4.16. The molecule has 0 amide bonds. The lowest BCUT2D eigenvalue weighted by Crippen LogP contribution is -1.97. The van der Waals surface area contributed by atoms with Crippen LogP contribution >= 0.6 is 22.9 Å². The minimum Gasteiger partial charge on any atom is -0.489 e. The van der Waals surface area contributed by atoms with Crippen molar-refractivity contribution in [1.29, 1.82) is 0 Å². The van der Waals surface area contributed by atoms with E-state index in [2.05, 4.69) is 11.9 Å². The van der Waals surface area contributed by atoms with Gasteiger partial charge in [-0.1, -0.05) is 18.5 Å². The van der Waals surface area contributed by atoms with Gasteiger partial charge in [-0.2, -0.15) is 0 Å². The number of fused-ring (bicyclic) bond motifs is 1. The normalized spacial score (nSPS) is 14.0. The van der Waals surface area contributed by atoms with Crippen LogP contribution in [0.2, 0.25) is 5.02 Å². The van der Waals surface area contributed by atoms with Crippen LogP contribution in [-0.4, -0.2) is 18.2 Å². The van der Waals surface area contributed by atoms with Crippen molar-refractivity contribution in [3.63, 3.8) is 0 Å². The second-order valence-electron chi connectivity index (χ2n) is 4.91. The smallest absolute Gasteiger partial charge is 0.179 e. The van der Waals surface area contributed by atoms with E-state index in [-0.39, 0.29) is 0 Å². The molecule has 2 N–H and O–H groups in total. The highest BCUT2D eigenvalue weighted by Gasteiger charge is 2.19. The molecular weight excluding hydrogens is 308 g/mol. The average molecular weight is 325 g/mol. The van der Waals surface area contributed by atoms with Gasteiger partial charge in [0.05, 0.1) is 23.2 Å². The molecule has 2 heterocycles. The summed E-state index contributed by atoms with van der Waals surface area (Å²) in [6.45, 7) is 3.37. The number of nitrogens with two attached hydrogens (primary N) is 1. The quantitative estimate of drug-likeness (QED) is 0.921. The lowest BCUT2D eigenvalue weighted by atomic mass is 10.1. The third-order valence-electron chi connectivity index (χ3n) is 3.24. The van der Waals surface area contributed by atoms with Crippen LogP contribution in [0.3, 0.4) is 0 Å². The summed E-state index contributed by atoms with van der Waals surface area (Å²) in [6, 6.07) is 3.75. The highest BCUT2D eigenvalue weighted by Crippen LogP contribution is 2.42. The van der Waals surface area contributed by atoms with Crippen LogP contribution in [0.4, 0.5) is 5.00 Å². The molecule has 0 aliphatic carbocycles. The van der Waals surface area contributed by atoms with Gasteiger partial charge in [0.15, 0.2) is 11.5 Å². The zero-order chi connectivity index (χ0) is 14.8. The second kappa shape index (κ2) is 6.12. The zero-order valence-electron chi connectivity index (χ0n) is 11.8. The number of halogens is 1. The molecule has 0 unspecified atom stereocenters. The Balaban J connectivity index is 2.03. The fourth-order valence-corrected chi connectivity index (χ4v) is 3.50. The van der Waals surface area contributed by atoms with Crippen molar-refractivity contribution in [3.8, 4) is 22.8 Å². The molecule has 1 aliphatic rings. The molecule has 0 spiro atoms. The van der Waals surface area contributed by atoms with Gasteiger partial charge in [-0.15, -0.1) is 11.3 Å². The molecule has 112 valence electrons. The van der Waals surface area contributed by atoms with Gasteiger partial charge in [0, 0.05) is 12.0 Å². The minimum atomic E-state index is 0.536. The van der Waals surface area contributed by atoms with Crippen molar-refractivity contribution in [2.45, 2.75) is 26.2 Å². The Bertz CT molecular complexity index is 657. The Labute approximate surface area is 132 Å². The van der Waals surface area contributed by atoms with Gasteiger partial charge >= 0.3 is 0 Å². The van der Waals surface area contributed by atoms with Crippen LogP contribution in [0.1, 0.15) is 24.8 Å². The number of hydrogen-bond donors (Lipinski definition) is 1. The van der Waals surface area contributed by atoms with Crippen LogP contribution < -0.4 is 15.2 Å². The van der Waals surface area contributed by atoms with Crippen molar-refractivity contribution < 1.29 is 9.47 Å². The molecule has 1 aliphatic heterocycles. The Morgan fingerprint density at radius 1 is 1.33 bits per heavy atom. The van der Waals surface area contributed by atoms with Crippen molar-refractivity contribution in [3.05, 3.63) is 22.2 Å². The van der Waals surface area contributed by atoms with Crippen molar-refractivity contribution in [1.82, 2.24) is 4.98 Å². The van der Waals surface area contributed by atoms with Gasteiger partial charge < -0.3 is 15.2 Å². The third-order valence-corrected chi connectivity index (χ3v) is 4.46. The van der Waals surface area contributed by atoms with E-state index < -0.39 is 0 Å². The number of aryl methyl sites for hydroxylation is 1. The average Bonchev–Trinajstić information content (AvgIpc) is 2.68. The third kappa shape index (κ3) is 2.94. The fourth-order valence-electron chi connectivity index (χ4n) is 2.27. The molecule has 0 saturated carbocycles. The van der Waals surface area contributed by atoms with Crippen LogP contribution in [0, 0.1) is 0 Å². The van der Waals surface area contributed by atoms with Gasteiger partial charge in [-0.25, -0.2) is 4.98 Å². The number of rotatable bonds is 3. The highest BCUT2D eigenvalue weighted by molar-refractivity contribution is 7.16. The summed E-state index contributed by atoms with van der Waals surface area (Å²) in [5.41, 5.74) is 7.76. The molecule has 1 aromatic heterocycles. The van der Waals surface area contributed by atoms with Gasteiger partial charge in [0.2, 0.25) is 0 Å². The summed E-state index contributed by atoms with van der Waals surface area (Å²) in [7, 11) is 0. The first kappa shape index (κ1) is 14.5. The zero-order valence-corrected chi connectivity index (χ0v) is 13.4. The lowest BCUT2D eigenvalue weighted by molar-refractivity contribution is 0.297. The van der Waals surface area contributed by atoms with Crippen LogP contribution in [-0.2, 0) is 6.42 Å². The van der Waals surface area contributed by atoms with Crippen molar-refractivity contribution in [2.24, 2.45) is 0 Å². The number of ether oxygens (including phenoxy) is 2. The molecule has 6 heteroatoms. The fraction of sp³-hybridized carbons (Fsp3) is 0.400. The number of hydrogen-bond acceptors (Lipinski definition) is 5. The van der Waals surface area contributed by atoms with E-state index in [1.165, 1.54) is 11.3 Å². The predicted molar refractivity (Wildman–Crippen MR) is 86.6 cm³/mol. The first-order valence-electron chi connectivity index (χ1n) is 7.03. The second-order valence-corrected chi connectivity index (χ2v) is 6.43. The molecule has 0 fully saturated rings. The Kier molecular flexibility index (Phi) is 4.22. The standard InChI is InChI=1S/C15H17ClN2O2S/c1-2-4-12-18-13(15(17)21-12)9-7-10(16)14-11(8-9)19-5-3-6-20-14/h7-8H,2-6,17H2,1H3. The summed E-state index contributed by atoms with van der Waals surface area (Å²) in [5, 5.41) is 2.30. The Morgan fingerprint density at radius 3 is 2.95 bits per heavy atom. The first-order valence-corrected chi connectivity index (χ1v) is 8.23. The molecule has 0 saturated heterocycles.